The molecule has 5 heteroatoms. The van der Waals surface area contributed by atoms with E-state index in [1.807, 2.05) is 0 Å². The minimum atomic E-state index is -0.465. The van der Waals surface area contributed by atoms with E-state index < -0.39 is 11.9 Å². The lowest BCUT2D eigenvalue weighted by Crippen LogP contribution is -2.44. The number of carbonyl (C=O) groups excluding carboxylic acids is 2. The Bertz CT molecular complexity index is 172. The monoisotopic (exact) mass is 157 g/mol. The fourth-order valence-corrected chi connectivity index (χ4v) is 1.13. The predicted molar refractivity (Wildman–Crippen MR) is 38.4 cm³/mol. The number of carbonyl (C=O) groups is 2. The van der Waals surface area contributed by atoms with Crippen molar-refractivity contribution in [3.8, 4) is 0 Å². The van der Waals surface area contributed by atoms with E-state index in [0.29, 0.717) is 13.2 Å². The second kappa shape index (κ2) is 2.87. The minimum absolute atomic E-state index is 0.126. The summed E-state index contributed by atoms with van der Waals surface area (Å²) in [6, 6.07) is -0.465. The molecule has 1 atom stereocenters. The maximum absolute atomic E-state index is 10.8. The fraction of sp³-hybridized carbons (Fsp3) is 0.667. The lowest BCUT2D eigenvalue weighted by atomic mass is 10.3. The van der Waals surface area contributed by atoms with Gasteiger partial charge in [0.15, 0.2) is 0 Å². The Hall–Kier alpha value is -1.10. The summed E-state index contributed by atoms with van der Waals surface area (Å²) in [5, 5.41) is 2.89. The Balaban J connectivity index is 2.65. The number of nitrogens with zero attached hydrogens (tertiary/aromatic N) is 1. The molecule has 0 aromatic heterocycles. The van der Waals surface area contributed by atoms with E-state index in [2.05, 4.69) is 5.32 Å². The van der Waals surface area contributed by atoms with Crippen LogP contribution in [0, 0.1) is 0 Å². The number of hydrogen-bond acceptors (Lipinski definition) is 3. The van der Waals surface area contributed by atoms with Crippen molar-refractivity contribution in [2.45, 2.75) is 13.0 Å². The number of amides is 2. The third-order valence-corrected chi connectivity index (χ3v) is 1.73. The second-order valence-electron chi connectivity index (χ2n) is 2.52. The summed E-state index contributed by atoms with van der Waals surface area (Å²) in [7, 11) is 0. The average molecular weight is 157 g/mol. The van der Waals surface area contributed by atoms with Crippen LogP contribution in [0.1, 0.15) is 6.92 Å². The molecule has 0 radical (unpaired) electrons. The highest BCUT2D eigenvalue weighted by atomic mass is 16.2. The zero-order valence-corrected chi connectivity index (χ0v) is 6.33. The molecule has 1 unspecified atom stereocenters. The Morgan fingerprint density at radius 2 is 2.27 bits per heavy atom. The van der Waals surface area contributed by atoms with Crippen molar-refractivity contribution >= 4 is 11.8 Å². The van der Waals surface area contributed by atoms with Gasteiger partial charge in [-0.05, 0) is 0 Å². The van der Waals surface area contributed by atoms with Crippen LogP contribution in [-0.2, 0) is 9.59 Å². The van der Waals surface area contributed by atoms with Crippen LogP contribution >= 0.6 is 0 Å². The predicted octanol–water partition coefficient (Wildman–Crippen LogP) is -1.75. The van der Waals surface area contributed by atoms with E-state index >= 15 is 0 Å². The van der Waals surface area contributed by atoms with E-state index in [4.69, 9.17) is 5.73 Å². The molecule has 0 bridgehead atoms. The van der Waals surface area contributed by atoms with Gasteiger partial charge in [-0.15, -0.1) is 0 Å². The van der Waals surface area contributed by atoms with Crippen LogP contribution in [0.2, 0.25) is 0 Å². The molecule has 5 nitrogen and oxygen atoms in total. The van der Waals surface area contributed by atoms with Gasteiger partial charge in [0.1, 0.15) is 6.04 Å². The Kier molecular flexibility index (Phi) is 2.09. The average Bonchev–Trinajstić information content (AvgIpc) is 2.32. The van der Waals surface area contributed by atoms with Crippen molar-refractivity contribution in [1.82, 2.24) is 10.2 Å². The lowest BCUT2D eigenvalue weighted by Gasteiger charge is -2.18. The molecule has 11 heavy (non-hydrogen) atoms. The van der Waals surface area contributed by atoms with E-state index in [0.717, 1.165) is 0 Å². The van der Waals surface area contributed by atoms with Crippen molar-refractivity contribution < 1.29 is 9.59 Å². The first-order valence-corrected chi connectivity index (χ1v) is 3.40. The lowest BCUT2D eigenvalue weighted by molar-refractivity contribution is -0.135. The minimum Gasteiger partial charge on any atom is -0.368 e. The van der Waals surface area contributed by atoms with Crippen LogP contribution in [0.5, 0.6) is 0 Å². The largest absolute Gasteiger partial charge is 0.368 e. The molecule has 1 saturated heterocycles. The summed E-state index contributed by atoms with van der Waals surface area (Å²) in [5.41, 5.74) is 5.05. The molecule has 0 aromatic carbocycles. The Morgan fingerprint density at radius 3 is 2.64 bits per heavy atom. The zero-order chi connectivity index (χ0) is 8.43. The molecule has 0 spiro atoms. The summed E-state index contributed by atoms with van der Waals surface area (Å²) in [6.07, 6.45) is 0. The number of rotatable bonds is 1. The summed E-state index contributed by atoms with van der Waals surface area (Å²) in [6.45, 7) is 2.31. The van der Waals surface area contributed by atoms with Gasteiger partial charge in [-0.25, -0.2) is 0 Å². The van der Waals surface area contributed by atoms with Gasteiger partial charge in [-0.2, -0.15) is 0 Å². The molecule has 1 aliphatic heterocycles. The van der Waals surface area contributed by atoms with Crippen molar-refractivity contribution in [3.05, 3.63) is 0 Å². The summed E-state index contributed by atoms with van der Waals surface area (Å²) in [5.74, 6) is -0.580. The maximum Gasteiger partial charge on any atom is 0.241 e. The normalized spacial score (nSPS) is 23.7. The topological polar surface area (TPSA) is 75.4 Å². The molecule has 0 aromatic rings. The van der Waals surface area contributed by atoms with Crippen molar-refractivity contribution in [3.63, 3.8) is 0 Å². The summed E-state index contributed by atoms with van der Waals surface area (Å²) in [4.78, 5) is 23.0. The molecule has 3 N–H and O–H groups in total. The number of nitrogens with one attached hydrogen (secondary N) is 1. The van der Waals surface area contributed by atoms with E-state index in [9.17, 15) is 9.59 Å². The van der Waals surface area contributed by atoms with Gasteiger partial charge in [0.05, 0.1) is 6.67 Å². The highest BCUT2D eigenvalue weighted by Crippen LogP contribution is 2.03. The van der Waals surface area contributed by atoms with Crippen LogP contribution in [-0.4, -0.2) is 36.0 Å². The molecule has 0 aliphatic carbocycles. The van der Waals surface area contributed by atoms with Crippen LogP contribution in [0.4, 0.5) is 0 Å². The van der Waals surface area contributed by atoms with Gasteiger partial charge >= 0.3 is 0 Å². The first-order chi connectivity index (χ1) is 5.13. The maximum atomic E-state index is 10.8. The molecule has 1 heterocycles. The van der Waals surface area contributed by atoms with E-state index in [1.54, 1.807) is 0 Å². The van der Waals surface area contributed by atoms with Crippen molar-refractivity contribution in [2.24, 2.45) is 5.73 Å². The highest BCUT2D eigenvalue weighted by Gasteiger charge is 2.30. The molecule has 0 saturated carbocycles. The Morgan fingerprint density at radius 1 is 1.64 bits per heavy atom. The van der Waals surface area contributed by atoms with Crippen LogP contribution in [0.25, 0.3) is 0 Å². The van der Waals surface area contributed by atoms with Crippen molar-refractivity contribution in [2.75, 3.05) is 13.2 Å². The van der Waals surface area contributed by atoms with Crippen LogP contribution in [0.3, 0.4) is 0 Å². The van der Waals surface area contributed by atoms with Crippen LogP contribution in [0.15, 0.2) is 0 Å². The third-order valence-electron chi connectivity index (χ3n) is 1.73. The number of nitrogens with two attached hydrogens (primary N) is 1. The van der Waals surface area contributed by atoms with Crippen molar-refractivity contribution in [1.29, 1.82) is 0 Å². The zero-order valence-electron chi connectivity index (χ0n) is 6.33. The number of primary amides is 1. The van der Waals surface area contributed by atoms with E-state index in [1.165, 1.54) is 11.8 Å². The highest BCUT2D eigenvalue weighted by molar-refractivity contribution is 5.86. The quantitative estimate of drug-likeness (QED) is 0.474. The standard InChI is InChI=1S/C6H11N3O2/c1-4(10)9-3-8-2-5(9)6(7)11/h5,8H,2-3H2,1H3,(H2,7,11). The SMILES string of the molecule is CC(=O)N1CNCC1C(N)=O. The molecule has 1 aliphatic rings. The molecule has 1 fully saturated rings. The van der Waals surface area contributed by atoms with Crippen LogP contribution < -0.4 is 11.1 Å². The van der Waals surface area contributed by atoms with Gasteiger partial charge in [-0.1, -0.05) is 0 Å². The molecule has 62 valence electrons. The van der Waals surface area contributed by atoms with E-state index in [-0.39, 0.29) is 5.91 Å². The molecular formula is C6H11N3O2. The molecular weight excluding hydrogens is 146 g/mol. The van der Waals surface area contributed by atoms with Gasteiger partial charge in [-0.3, -0.25) is 14.9 Å². The molecule has 2 amide bonds. The van der Waals surface area contributed by atoms with Gasteiger partial charge in [0.25, 0.3) is 0 Å². The molecule has 1 rings (SSSR count). The second-order valence-corrected chi connectivity index (χ2v) is 2.52. The smallest absolute Gasteiger partial charge is 0.241 e. The number of hydrogen-bond donors (Lipinski definition) is 2. The first-order valence-electron chi connectivity index (χ1n) is 3.40. The fourth-order valence-electron chi connectivity index (χ4n) is 1.13. The Labute approximate surface area is 64.5 Å². The summed E-state index contributed by atoms with van der Waals surface area (Å²) >= 11 is 0. The van der Waals surface area contributed by atoms with Gasteiger partial charge in [0.2, 0.25) is 11.8 Å². The first kappa shape index (κ1) is 8.00. The van der Waals surface area contributed by atoms with Gasteiger partial charge in [0, 0.05) is 13.5 Å². The van der Waals surface area contributed by atoms with Gasteiger partial charge < -0.3 is 10.6 Å². The third kappa shape index (κ3) is 1.48. The summed E-state index contributed by atoms with van der Waals surface area (Å²) < 4.78 is 0.